The third-order valence-corrected chi connectivity index (χ3v) is 4.45. The maximum absolute atomic E-state index is 12.1. The molecule has 1 saturated carbocycles. The quantitative estimate of drug-likeness (QED) is 0.572. The molecule has 1 aliphatic rings. The smallest absolute Gasteiger partial charge is 0.338 e. The van der Waals surface area contributed by atoms with Crippen LogP contribution in [0, 0.1) is 17.3 Å². The predicted molar refractivity (Wildman–Crippen MR) is 83.4 cm³/mol. The first-order valence-corrected chi connectivity index (χ1v) is 7.87. The highest BCUT2D eigenvalue weighted by molar-refractivity contribution is 5.89. The Bertz CT molecular complexity index is 521. The van der Waals surface area contributed by atoms with Crippen LogP contribution in [0.5, 0.6) is 0 Å². The van der Waals surface area contributed by atoms with Gasteiger partial charge >= 0.3 is 11.9 Å². The van der Waals surface area contributed by atoms with Crippen LogP contribution in [0.3, 0.4) is 0 Å². The summed E-state index contributed by atoms with van der Waals surface area (Å²) in [6.45, 7) is 6.81. The lowest BCUT2D eigenvalue weighted by Gasteiger charge is -2.05. The average Bonchev–Trinajstić information content (AvgIpc) is 3.07. The van der Waals surface area contributed by atoms with Crippen molar-refractivity contribution in [1.82, 2.24) is 0 Å². The Kier molecular flexibility index (Phi) is 5.22. The van der Waals surface area contributed by atoms with E-state index in [0.717, 1.165) is 12.8 Å². The van der Waals surface area contributed by atoms with Crippen LogP contribution in [0.4, 0.5) is 0 Å². The summed E-state index contributed by atoms with van der Waals surface area (Å²) in [5.74, 6) is -0.650. The van der Waals surface area contributed by atoms with E-state index in [-0.39, 0.29) is 35.8 Å². The summed E-state index contributed by atoms with van der Waals surface area (Å²) in [6.07, 6.45) is 1.88. The maximum Gasteiger partial charge on any atom is 0.338 e. The van der Waals surface area contributed by atoms with Crippen LogP contribution in [0.2, 0.25) is 0 Å². The summed E-state index contributed by atoms with van der Waals surface area (Å²) in [6, 6.07) is 8.88. The summed E-state index contributed by atoms with van der Waals surface area (Å²) in [5, 5.41) is 0. The molecule has 22 heavy (non-hydrogen) atoms. The van der Waals surface area contributed by atoms with Gasteiger partial charge in [-0.15, -0.1) is 0 Å². The van der Waals surface area contributed by atoms with E-state index in [4.69, 9.17) is 9.47 Å². The molecule has 0 amide bonds. The van der Waals surface area contributed by atoms with Crippen molar-refractivity contribution in [2.45, 2.75) is 33.6 Å². The van der Waals surface area contributed by atoms with Crippen molar-refractivity contribution in [1.29, 1.82) is 0 Å². The van der Waals surface area contributed by atoms with E-state index in [1.54, 1.807) is 24.3 Å². The highest BCUT2D eigenvalue weighted by atomic mass is 16.5. The van der Waals surface area contributed by atoms with Gasteiger partial charge in [0, 0.05) is 5.92 Å². The molecule has 2 unspecified atom stereocenters. The lowest BCUT2D eigenvalue weighted by Crippen LogP contribution is -2.13. The van der Waals surface area contributed by atoms with Crippen LogP contribution in [0.25, 0.3) is 0 Å². The summed E-state index contributed by atoms with van der Waals surface area (Å²) in [5.41, 5.74) is 0.364. The van der Waals surface area contributed by atoms with Crippen LogP contribution in [0.15, 0.2) is 30.3 Å². The molecule has 1 aliphatic carbocycles. The summed E-state index contributed by atoms with van der Waals surface area (Å²) >= 11 is 0. The molecule has 1 fully saturated rings. The van der Waals surface area contributed by atoms with Crippen LogP contribution < -0.4 is 0 Å². The lowest BCUT2D eigenvalue weighted by molar-refractivity contribution is -0.146. The highest BCUT2D eigenvalue weighted by Crippen LogP contribution is 2.58. The van der Waals surface area contributed by atoms with E-state index < -0.39 is 0 Å². The van der Waals surface area contributed by atoms with Crippen molar-refractivity contribution >= 4 is 11.9 Å². The molecule has 4 nitrogen and oxygen atoms in total. The molecule has 0 heterocycles. The number of hydrogen-bond acceptors (Lipinski definition) is 4. The Balaban J connectivity index is 1.83. The maximum atomic E-state index is 12.1. The van der Waals surface area contributed by atoms with Crippen LogP contribution in [-0.2, 0) is 14.3 Å². The Morgan fingerprint density at radius 3 is 2.45 bits per heavy atom. The second-order valence-corrected chi connectivity index (χ2v) is 6.39. The van der Waals surface area contributed by atoms with Gasteiger partial charge in [-0.1, -0.05) is 45.4 Å². The van der Waals surface area contributed by atoms with Gasteiger partial charge in [0.1, 0.15) is 0 Å². The van der Waals surface area contributed by atoms with Gasteiger partial charge in [0.2, 0.25) is 0 Å². The zero-order valence-corrected chi connectivity index (χ0v) is 13.5. The molecule has 0 bridgehead atoms. The Labute approximate surface area is 131 Å². The fraction of sp³-hybridized carbons (Fsp3) is 0.556. The minimum absolute atomic E-state index is 0.0364. The van der Waals surface area contributed by atoms with E-state index >= 15 is 0 Å². The summed E-state index contributed by atoms with van der Waals surface area (Å²) < 4.78 is 10.6. The van der Waals surface area contributed by atoms with Crippen LogP contribution in [-0.4, -0.2) is 25.2 Å². The monoisotopic (exact) mass is 304 g/mol. The van der Waals surface area contributed by atoms with Crippen molar-refractivity contribution in [3.05, 3.63) is 35.9 Å². The number of rotatable bonds is 7. The second-order valence-electron chi connectivity index (χ2n) is 6.39. The fourth-order valence-corrected chi connectivity index (χ4v) is 2.75. The molecule has 0 spiro atoms. The first-order chi connectivity index (χ1) is 10.5. The van der Waals surface area contributed by atoms with Gasteiger partial charge in [-0.3, -0.25) is 4.79 Å². The lowest BCUT2D eigenvalue weighted by atomic mass is 10.1. The molecule has 1 aromatic carbocycles. The van der Waals surface area contributed by atoms with Gasteiger partial charge in [0.15, 0.2) is 0 Å². The number of benzene rings is 1. The number of ether oxygens (including phenoxy) is 2. The third-order valence-electron chi connectivity index (χ3n) is 4.45. The normalized spacial score (nSPS) is 22.0. The van der Waals surface area contributed by atoms with Crippen molar-refractivity contribution in [2.75, 3.05) is 13.2 Å². The number of unbranched alkanes of at least 4 members (excludes halogenated alkanes) is 1. The van der Waals surface area contributed by atoms with E-state index in [9.17, 15) is 9.59 Å². The molecule has 4 heteroatoms. The number of hydrogen-bond donors (Lipinski definition) is 0. The van der Waals surface area contributed by atoms with E-state index in [1.807, 2.05) is 19.9 Å². The zero-order chi connectivity index (χ0) is 16.2. The molecular formula is C18H24O4. The van der Waals surface area contributed by atoms with E-state index in [1.165, 1.54) is 0 Å². The first-order valence-electron chi connectivity index (χ1n) is 7.87. The Morgan fingerprint density at radius 1 is 1.14 bits per heavy atom. The van der Waals surface area contributed by atoms with E-state index in [0.29, 0.717) is 12.2 Å². The predicted octanol–water partition coefficient (Wildman–Crippen LogP) is 3.46. The molecular weight excluding hydrogens is 280 g/mol. The average molecular weight is 304 g/mol. The minimum atomic E-state index is -0.346. The molecule has 0 aromatic heterocycles. The number of carbonyl (C=O) groups is 2. The van der Waals surface area contributed by atoms with Crippen molar-refractivity contribution in [3.8, 4) is 0 Å². The van der Waals surface area contributed by atoms with Crippen LogP contribution >= 0.6 is 0 Å². The SMILES string of the molecule is CCCCOC(=O)C1C(COC(=O)c2ccccc2)C1(C)C. The van der Waals surface area contributed by atoms with Crippen molar-refractivity contribution < 1.29 is 19.1 Å². The van der Waals surface area contributed by atoms with Gasteiger partial charge in [0.25, 0.3) is 0 Å². The molecule has 120 valence electrons. The molecule has 0 radical (unpaired) electrons. The largest absolute Gasteiger partial charge is 0.465 e. The van der Waals surface area contributed by atoms with Gasteiger partial charge in [-0.05, 0) is 24.0 Å². The fourth-order valence-electron chi connectivity index (χ4n) is 2.75. The zero-order valence-electron chi connectivity index (χ0n) is 13.5. The van der Waals surface area contributed by atoms with Gasteiger partial charge < -0.3 is 9.47 Å². The van der Waals surface area contributed by atoms with Crippen LogP contribution in [0.1, 0.15) is 44.0 Å². The second kappa shape index (κ2) is 6.95. The summed E-state index contributed by atoms with van der Waals surface area (Å²) in [4.78, 5) is 24.0. The molecule has 2 atom stereocenters. The molecule has 0 aliphatic heterocycles. The van der Waals surface area contributed by atoms with Gasteiger partial charge in [-0.25, -0.2) is 4.79 Å². The number of carbonyl (C=O) groups excluding carboxylic acids is 2. The molecule has 0 N–H and O–H groups in total. The first kappa shape index (κ1) is 16.5. The molecule has 1 aromatic rings. The van der Waals surface area contributed by atoms with Gasteiger partial charge in [0.05, 0.1) is 24.7 Å². The van der Waals surface area contributed by atoms with E-state index in [2.05, 4.69) is 6.92 Å². The number of esters is 2. The van der Waals surface area contributed by atoms with Crippen molar-refractivity contribution in [2.24, 2.45) is 17.3 Å². The molecule has 2 rings (SSSR count). The Morgan fingerprint density at radius 2 is 1.82 bits per heavy atom. The highest BCUT2D eigenvalue weighted by Gasteiger charge is 2.63. The standard InChI is InChI=1S/C18H24O4/c1-4-5-11-21-17(20)15-14(18(15,2)3)12-22-16(19)13-9-7-6-8-10-13/h6-10,14-15H,4-5,11-12H2,1-3H3. The summed E-state index contributed by atoms with van der Waals surface area (Å²) in [7, 11) is 0. The van der Waals surface area contributed by atoms with Crippen molar-refractivity contribution in [3.63, 3.8) is 0 Å². The third kappa shape index (κ3) is 3.67. The Hall–Kier alpha value is -1.84. The topological polar surface area (TPSA) is 52.6 Å². The molecule has 0 saturated heterocycles. The minimum Gasteiger partial charge on any atom is -0.465 e. The van der Waals surface area contributed by atoms with Gasteiger partial charge in [-0.2, -0.15) is 0 Å².